The number of nitrogens with zero attached hydrogens (tertiary/aromatic N) is 4. The van der Waals surface area contributed by atoms with Crippen LogP contribution in [-0.4, -0.2) is 64.2 Å². The first kappa shape index (κ1) is 27.9. The Balaban J connectivity index is 0.00000204. The van der Waals surface area contributed by atoms with Crippen molar-refractivity contribution in [2.45, 2.75) is 32.9 Å². The van der Waals surface area contributed by atoms with Gasteiger partial charge in [0.05, 0.1) is 17.7 Å². The lowest BCUT2D eigenvalue weighted by Gasteiger charge is -2.17. The van der Waals surface area contributed by atoms with Crippen LogP contribution < -0.4 is 0 Å². The van der Waals surface area contributed by atoms with Gasteiger partial charge in [0.2, 0.25) is 0 Å². The fraction of sp³-hybridized carbons (Fsp3) is 0.440. The van der Waals surface area contributed by atoms with Crippen LogP contribution in [0, 0.1) is 0 Å². The lowest BCUT2D eigenvalue weighted by atomic mass is 9.96. The van der Waals surface area contributed by atoms with Crippen molar-refractivity contribution in [2.24, 2.45) is 7.05 Å². The Labute approximate surface area is 213 Å². The van der Waals surface area contributed by atoms with E-state index in [9.17, 15) is 9.90 Å². The minimum Gasteiger partial charge on any atom is -0.507 e. The summed E-state index contributed by atoms with van der Waals surface area (Å²) in [6, 6.07) is 5.76. The molecule has 2 aromatic heterocycles. The molecular weight excluding hydrogens is 475 g/mol. The van der Waals surface area contributed by atoms with E-state index in [2.05, 4.69) is 14.5 Å². The van der Waals surface area contributed by atoms with Gasteiger partial charge in [-0.25, -0.2) is 4.79 Å². The van der Waals surface area contributed by atoms with Crippen molar-refractivity contribution in [3.8, 4) is 16.9 Å². The number of hydrogen-bond acceptors (Lipinski definition) is 6. The molecule has 0 bridgehead atoms. The SMILES string of the molecule is CCOC(=O)c1c(CN2CCCC2)n(C)c2cc(-c3ccncc3)c(O)c(CN(C)C)c12.Cl.Cl. The summed E-state index contributed by atoms with van der Waals surface area (Å²) in [5, 5.41) is 12.2. The summed E-state index contributed by atoms with van der Waals surface area (Å²) in [7, 11) is 5.92. The molecule has 3 heterocycles. The van der Waals surface area contributed by atoms with Gasteiger partial charge in [-0.05, 0) is 70.7 Å². The number of halogens is 2. The van der Waals surface area contributed by atoms with Crippen LogP contribution in [0.15, 0.2) is 30.6 Å². The van der Waals surface area contributed by atoms with Gasteiger partial charge in [0.1, 0.15) is 5.75 Å². The molecule has 0 spiro atoms. The fourth-order valence-corrected chi connectivity index (χ4v) is 4.70. The number of rotatable bonds is 7. The highest BCUT2D eigenvalue weighted by molar-refractivity contribution is 6.09. The van der Waals surface area contributed by atoms with E-state index >= 15 is 0 Å². The summed E-state index contributed by atoms with van der Waals surface area (Å²) in [5.74, 6) is -0.135. The van der Waals surface area contributed by atoms with Gasteiger partial charge < -0.3 is 19.3 Å². The maximum atomic E-state index is 13.2. The van der Waals surface area contributed by atoms with Crippen LogP contribution in [0.5, 0.6) is 5.75 Å². The number of hydrogen-bond donors (Lipinski definition) is 1. The Bertz CT molecular complexity index is 1130. The zero-order valence-corrected chi connectivity index (χ0v) is 21.8. The van der Waals surface area contributed by atoms with Crippen molar-refractivity contribution in [1.29, 1.82) is 0 Å². The molecule has 1 aromatic carbocycles. The third kappa shape index (κ3) is 5.33. The molecule has 7 nitrogen and oxygen atoms in total. The summed E-state index contributed by atoms with van der Waals surface area (Å²) in [4.78, 5) is 21.7. The minimum atomic E-state index is -0.330. The molecular formula is C25H34Cl2N4O3. The first-order valence-corrected chi connectivity index (χ1v) is 11.2. The number of esters is 1. The van der Waals surface area contributed by atoms with Crippen LogP contribution in [0.2, 0.25) is 0 Å². The number of aryl methyl sites for hydroxylation is 1. The number of phenols is 1. The highest BCUT2D eigenvalue weighted by Gasteiger charge is 2.29. The Morgan fingerprint density at radius 3 is 2.41 bits per heavy atom. The van der Waals surface area contributed by atoms with Crippen LogP contribution in [-0.2, 0) is 24.9 Å². The van der Waals surface area contributed by atoms with Crippen molar-refractivity contribution in [2.75, 3.05) is 33.8 Å². The summed E-state index contributed by atoms with van der Waals surface area (Å²) in [6.45, 7) is 5.38. The van der Waals surface area contributed by atoms with Gasteiger partial charge in [-0.1, -0.05) is 0 Å². The molecule has 1 fully saturated rings. The van der Waals surface area contributed by atoms with Gasteiger partial charge in [-0.3, -0.25) is 9.88 Å². The molecule has 0 amide bonds. The van der Waals surface area contributed by atoms with E-state index in [-0.39, 0.29) is 36.5 Å². The number of carbonyl (C=O) groups excluding carboxylic acids is 1. The maximum absolute atomic E-state index is 13.2. The molecule has 9 heteroatoms. The monoisotopic (exact) mass is 508 g/mol. The van der Waals surface area contributed by atoms with Crippen molar-refractivity contribution < 1.29 is 14.6 Å². The smallest absolute Gasteiger partial charge is 0.340 e. The molecule has 4 rings (SSSR count). The number of fused-ring (bicyclic) bond motifs is 1. The third-order valence-corrected chi connectivity index (χ3v) is 6.20. The van der Waals surface area contributed by atoms with E-state index < -0.39 is 0 Å². The first-order valence-electron chi connectivity index (χ1n) is 11.2. The van der Waals surface area contributed by atoms with Gasteiger partial charge in [0, 0.05) is 54.7 Å². The minimum absolute atomic E-state index is 0. The highest BCUT2D eigenvalue weighted by Crippen LogP contribution is 2.42. The quantitative estimate of drug-likeness (QED) is 0.469. The highest BCUT2D eigenvalue weighted by atomic mass is 35.5. The van der Waals surface area contributed by atoms with Crippen molar-refractivity contribution in [1.82, 2.24) is 19.4 Å². The van der Waals surface area contributed by atoms with E-state index in [1.54, 1.807) is 12.4 Å². The molecule has 3 aromatic rings. The van der Waals surface area contributed by atoms with E-state index in [4.69, 9.17) is 4.74 Å². The second kappa shape index (κ2) is 11.9. The molecule has 34 heavy (non-hydrogen) atoms. The van der Waals surface area contributed by atoms with E-state index in [0.717, 1.165) is 46.4 Å². The summed E-state index contributed by atoms with van der Waals surface area (Å²) in [6.07, 6.45) is 5.80. The van der Waals surface area contributed by atoms with Crippen LogP contribution >= 0.6 is 24.8 Å². The number of aromatic nitrogens is 2. The van der Waals surface area contributed by atoms with Crippen molar-refractivity contribution in [3.63, 3.8) is 0 Å². The second-order valence-corrected chi connectivity index (χ2v) is 8.70. The molecule has 0 aliphatic carbocycles. The van der Waals surface area contributed by atoms with E-state index in [1.807, 2.05) is 51.2 Å². The lowest BCUT2D eigenvalue weighted by molar-refractivity contribution is 0.0526. The van der Waals surface area contributed by atoms with Crippen LogP contribution in [0.3, 0.4) is 0 Å². The van der Waals surface area contributed by atoms with Crippen molar-refractivity contribution in [3.05, 3.63) is 47.4 Å². The zero-order chi connectivity index (χ0) is 22.8. The number of benzene rings is 1. The Kier molecular flexibility index (Phi) is 9.76. The Morgan fingerprint density at radius 2 is 1.82 bits per heavy atom. The standard InChI is InChI=1S/C25H32N4O3.2ClH/c1-5-32-25(31)23-21(16-29-12-6-7-13-29)28(4)20-14-18(17-8-10-26-11-9-17)24(30)19(22(20)23)15-27(2)3;;/h8-11,14,30H,5-7,12-13,15-16H2,1-4H3;2*1H. The number of carbonyl (C=O) groups is 1. The molecule has 1 saturated heterocycles. The molecule has 0 saturated carbocycles. The van der Waals surface area contributed by atoms with Crippen LogP contribution in [0.1, 0.15) is 41.4 Å². The molecule has 0 radical (unpaired) electrons. The predicted octanol–water partition coefficient (Wildman–Crippen LogP) is 4.62. The number of pyridine rings is 1. The Morgan fingerprint density at radius 1 is 1.18 bits per heavy atom. The van der Waals surface area contributed by atoms with Gasteiger partial charge in [-0.15, -0.1) is 24.8 Å². The lowest BCUT2D eigenvalue weighted by Crippen LogP contribution is -2.22. The fourth-order valence-electron chi connectivity index (χ4n) is 4.70. The predicted molar refractivity (Wildman–Crippen MR) is 140 cm³/mol. The maximum Gasteiger partial charge on any atom is 0.340 e. The van der Waals surface area contributed by atoms with Crippen LogP contribution in [0.25, 0.3) is 22.0 Å². The van der Waals surface area contributed by atoms with Crippen LogP contribution in [0.4, 0.5) is 0 Å². The molecule has 186 valence electrons. The number of aromatic hydroxyl groups is 1. The number of likely N-dealkylation sites (tertiary alicyclic amines) is 1. The van der Waals surface area contributed by atoms with Gasteiger partial charge in [-0.2, -0.15) is 0 Å². The average molecular weight is 509 g/mol. The molecule has 0 unspecified atom stereocenters. The second-order valence-electron chi connectivity index (χ2n) is 8.70. The van der Waals surface area contributed by atoms with Gasteiger partial charge >= 0.3 is 5.97 Å². The number of ether oxygens (including phenoxy) is 1. The largest absolute Gasteiger partial charge is 0.507 e. The summed E-state index contributed by atoms with van der Waals surface area (Å²) < 4.78 is 7.60. The molecule has 0 atom stereocenters. The van der Waals surface area contributed by atoms with E-state index in [1.165, 1.54) is 12.8 Å². The van der Waals surface area contributed by atoms with Crippen molar-refractivity contribution >= 4 is 41.7 Å². The number of phenolic OH excluding ortho intramolecular Hbond substituents is 1. The Hall–Kier alpha value is -2.32. The molecule has 1 N–H and O–H groups in total. The zero-order valence-electron chi connectivity index (χ0n) is 20.2. The van der Waals surface area contributed by atoms with Gasteiger partial charge in [0.25, 0.3) is 0 Å². The molecule has 1 aliphatic heterocycles. The van der Waals surface area contributed by atoms with Gasteiger partial charge in [0.15, 0.2) is 0 Å². The summed E-state index contributed by atoms with van der Waals surface area (Å²) in [5.41, 5.74) is 4.80. The molecule has 1 aliphatic rings. The third-order valence-electron chi connectivity index (χ3n) is 6.20. The normalized spacial score (nSPS) is 13.7. The summed E-state index contributed by atoms with van der Waals surface area (Å²) >= 11 is 0. The van der Waals surface area contributed by atoms with E-state index in [0.29, 0.717) is 25.3 Å². The topological polar surface area (TPSA) is 70.8 Å². The first-order chi connectivity index (χ1) is 15.4. The average Bonchev–Trinajstić information content (AvgIpc) is 3.38.